The van der Waals surface area contributed by atoms with Crippen LogP contribution < -0.4 is 15.5 Å². The monoisotopic (exact) mass is 484 g/mol. The Kier molecular flexibility index (Phi) is 9.41. The predicted molar refractivity (Wildman–Crippen MR) is 124 cm³/mol. The second kappa shape index (κ2) is 11.5. The summed E-state index contributed by atoms with van der Waals surface area (Å²) in [6.07, 6.45) is 5.42. The van der Waals surface area contributed by atoms with E-state index in [1.807, 2.05) is 0 Å². The lowest BCUT2D eigenvalue weighted by Crippen LogP contribution is -2.44. The number of nitrogens with zero attached hydrogens (tertiary/aromatic N) is 2. The highest BCUT2D eigenvalue weighted by Gasteiger charge is 2.23. The minimum absolute atomic E-state index is 0. The van der Waals surface area contributed by atoms with Crippen LogP contribution >= 0.6 is 24.0 Å². The van der Waals surface area contributed by atoms with Gasteiger partial charge in [0.15, 0.2) is 5.96 Å². The summed E-state index contributed by atoms with van der Waals surface area (Å²) in [5.74, 6) is 0.941. The standard InChI is InChI=1S/C21H32N4O.HI/c1-3-22-21(23-12-8-18-10-14-26-15-11-18)24-19-9-13-25(16-19)20-6-4-17(2)5-7-20;/h4-7,10,19H,3,8-9,11-16H2,1-2H3,(H2,22,23,24);1H. The molecule has 0 spiro atoms. The third kappa shape index (κ3) is 6.99. The van der Waals surface area contributed by atoms with Crippen LogP contribution in [0.25, 0.3) is 0 Å². The predicted octanol–water partition coefficient (Wildman–Crippen LogP) is 3.48. The Bertz CT molecular complexity index is 630. The zero-order valence-corrected chi connectivity index (χ0v) is 18.9. The lowest BCUT2D eigenvalue weighted by molar-refractivity contribution is 0.153. The Balaban J connectivity index is 0.00000261. The minimum atomic E-state index is 0. The van der Waals surface area contributed by atoms with Gasteiger partial charge in [-0.2, -0.15) is 0 Å². The summed E-state index contributed by atoms with van der Waals surface area (Å²) in [7, 11) is 0. The minimum Gasteiger partial charge on any atom is -0.377 e. The second-order valence-electron chi connectivity index (χ2n) is 7.11. The number of nitrogens with one attached hydrogen (secondary N) is 2. The van der Waals surface area contributed by atoms with E-state index in [9.17, 15) is 0 Å². The van der Waals surface area contributed by atoms with Gasteiger partial charge in [-0.1, -0.05) is 29.3 Å². The fourth-order valence-corrected chi connectivity index (χ4v) is 3.49. The number of rotatable bonds is 6. The molecule has 2 aliphatic heterocycles. The van der Waals surface area contributed by atoms with E-state index in [0.29, 0.717) is 6.04 Å². The van der Waals surface area contributed by atoms with Crippen molar-refractivity contribution in [3.05, 3.63) is 41.5 Å². The van der Waals surface area contributed by atoms with Crippen molar-refractivity contribution in [3.8, 4) is 0 Å². The lowest BCUT2D eigenvalue weighted by atomic mass is 10.1. The zero-order valence-electron chi connectivity index (χ0n) is 16.5. The van der Waals surface area contributed by atoms with Gasteiger partial charge < -0.3 is 20.3 Å². The number of ether oxygens (including phenoxy) is 1. The van der Waals surface area contributed by atoms with Crippen LogP contribution in [0.2, 0.25) is 0 Å². The molecule has 5 nitrogen and oxygen atoms in total. The summed E-state index contributed by atoms with van der Waals surface area (Å²) in [4.78, 5) is 7.23. The first kappa shape index (κ1) is 22.0. The second-order valence-corrected chi connectivity index (χ2v) is 7.11. The molecule has 2 aliphatic rings. The van der Waals surface area contributed by atoms with Crippen LogP contribution in [-0.2, 0) is 4.74 Å². The molecule has 0 amide bonds. The largest absolute Gasteiger partial charge is 0.377 e. The number of aliphatic imine (C=N–C) groups is 1. The van der Waals surface area contributed by atoms with Gasteiger partial charge in [0, 0.05) is 37.9 Å². The van der Waals surface area contributed by atoms with Gasteiger partial charge in [-0.3, -0.25) is 4.99 Å². The molecule has 0 radical (unpaired) electrons. The van der Waals surface area contributed by atoms with Gasteiger partial charge in [0.1, 0.15) is 0 Å². The highest BCUT2D eigenvalue weighted by atomic mass is 127. The molecule has 1 unspecified atom stereocenters. The first-order valence-corrected chi connectivity index (χ1v) is 9.86. The normalized spacial score (nSPS) is 20.1. The SMILES string of the molecule is CCNC(=NCCC1=CCOCC1)NC1CCN(c2ccc(C)cc2)C1.I. The molecule has 3 rings (SSSR count). The van der Waals surface area contributed by atoms with E-state index in [1.165, 1.54) is 16.8 Å². The molecule has 0 aromatic heterocycles. The van der Waals surface area contributed by atoms with Crippen LogP contribution in [0.4, 0.5) is 5.69 Å². The molecule has 27 heavy (non-hydrogen) atoms. The summed E-state index contributed by atoms with van der Waals surface area (Å²) in [5, 5.41) is 7.00. The van der Waals surface area contributed by atoms with Crippen molar-refractivity contribution in [1.82, 2.24) is 10.6 Å². The van der Waals surface area contributed by atoms with E-state index in [1.54, 1.807) is 0 Å². The van der Waals surface area contributed by atoms with E-state index < -0.39 is 0 Å². The maximum atomic E-state index is 5.37. The van der Waals surface area contributed by atoms with Crippen molar-refractivity contribution >= 4 is 35.6 Å². The molecule has 1 aromatic carbocycles. The third-order valence-electron chi connectivity index (χ3n) is 5.03. The topological polar surface area (TPSA) is 48.9 Å². The number of hydrogen-bond donors (Lipinski definition) is 2. The summed E-state index contributed by atoms with van der Waals surface area (Å²) in [5.41, 5.74) is 4.10. The van der Waals surface area contributed by atoms with Gasteiger partial charge in [-0.15, -0.1) is 24.0 Å². The van der Waals surface area contributed by atoms with Crippen LogP contribution in [0, 0.1) is 6.92 Å². The number of hydrogen-bond acceptors (Lipinski definition) is 3. The van der Waals surface area contributed by atoms with Crippen molar-refractivity contribution in [2.45, 2.75) is 39.2 Å². The summed E-state index contributed by atoms with van der Waals surface area (Å²) < 4.78 is 5.37. The van der Waals surface area contributed by atoms with E-state index in [2.05, 4.69) is 59.7 Å². The fourth-order valence-electron chi connectivity index (χ4n) is 3.49. The molecule has 1 aromatic rings. The highest BCUT2D eigenvalue weighted by Crippen LogP contribution is 2.20. The van der Waals surface area contributed by atoms with Crippen molar-refractivity contribution < 1.29 is 4.74 Å². The van der Waals surface area contributed by atoms with Crippen molar-refractivity contribution in [1.29, 1.82) is 0 Å². The smallest absolute Gasteiger partial charge is 0.191 e. The van der Waals surface area contributed by atoms with Gasteiger partial charge in [-0.05, 0) is 45.2 Å². The van der Waals surface area contributed by atoms with E-state index >= 15 is 0 Å². The quantitative estimate of drug-likeness (QED) is 0.281. The Morgan fingerprint density at radius 3 is 2.81 bits per heavy atom. The number of anilines is 1. The van der Waals surface area contributed by atoms with Gasteiger partial charge >= 0.3 is 0 Å². The number of guanidine groups is 1. The van der Waals surface area contributed by atoms with Gasteiger partial charge in [0.05, 0.1) is 13.2 Å². The molecular weight excluding hydrogens is 451 g/mol. The average Bonchev–Trinajstić information content (AvgIpc) is 3.12. The molecule has 1 saturated heterocycles. The Morgan fingerprint density at radius 2 is 2.11 bits per heavy atom. The van der Waals surface area contributed by atoms with E-state index in [0.717, 1.165) is 64.6 Å². The highest BCUT2D eigenvalue weighted by molar-refractivity contribution is 14.0. The van der Waals surface area contributed by atoms with Crippen LogP contribution in [0.15, 0.2) is 40.9 Å². The number of halogens is 1. The Labute approximate surface area is 180 Å². The molecule has 6 heteroatoms. The third-order valence-corrected chi connectivity index (χ3v) is 5.03. The number of benzene rings is 1. The molecule has 1 atom stereocenters. The van der Waals surface area contributed by atoms with Crippen molar-refractivity contribution in [3.63, 3.8) is 0 Å². The molecule has 2 N–H and O–H groups in total. The van der Waals surface area contributed by atoms with Crippen LogP contribution in [-0.4, -0.2) is 51.4 Å². The van der Waals surface area contributed by atoms with Gasteiger partial charge in [-0.25, -0.2) is 0 Å². The van der Waals surface area contributed by atoms with Crippen LogP contribution in [0.5, 0.6) is 0 Å². The Morgan fingerprint density at radius 1 is 1.30 bits per heavy atom. The maximum Gasteiger partial charge on any atom is 0.191 e. The zero-order chi connectivity index (χ0) is 18.2. The van der Waals surface area contributed by atoms with Crippen LogP contribution in [0.3, 0.4) is 0 Å². The summed E-state index contributed by atoms with van der Waals surface area (Å²) >= 11 is 0. The van der Waals surface area contributed by atoms with Crippen LogP contribution in [0.1, 0.15) is 31.7 Å². The first-order chi connectivity index (χ1) is 12.7. The maximum absolute atomic E-state index is 5.37. The van der Waals surface area contributed by atoms with Crippen molar-refractivity contribution in [2.24, 2.45) is 4.99 Å². The number of aryl methyl sites for hydroxylation is 1. The summed E-state index contributed by atoms with van der Waals surface area (Å²) in [6.45, 7) is 9.69. The molecule has 150 valence electrons. The Hall–Kier alpha value is -1.28. The van der Waals surface area contributed by atoms with E-state index in [4.69, 9.17) is 9.73 Å². The fraction of sp³-hybridized carbons (Fsp3) is 0.571. The summed E-state index contributed by atoms with van der Waals surface area (Å²) in [6, 6.07) is 9.26. The molecule has 1 fully saturated rings. The van der Waals surface area contributed by atoms with Crippen molar-refractivity contribution in [2.75, 3.05) is 44.3 Å². The first-order valence-electron chi connectivity index (χ1n) is 9.86. The van der Waals surface area contributed by atoms with Gasteiger partial charge in [0.25, 0.3) is 0 Å². The molecule has 0 bridgehead atoms. The lowest BCUT2D eigenvalue weighted by Gasteiger charge is -2.20. The molecule has 2 heterocycles. The molecular formula is C21H33IN4O. The molecule has 0 aliphatic carbocycles. The average molecular weight is 484 g/mol. The van der Waals surface area contributed by atoms with Gasteiger partial charge in [0.2, 0.25) is 0 Å². The van der Waals surface area contributed by atoms with E-state index in [-0.39, 0.29) is 24.0 Å². The molecule has 0 saturated carbocycles.